The van der Waals surface area contributed by atoms with Gasteiger partial charge in [-0.15, -0.1) is 0 Å². The van der Waals surface area contributed by atoms with Crippen molar-refractivity contribution in [3.8, 4) is 5.75 Å². The minimum Gasteiger partial charge on any atom is -0.484 e. The Labute approximate surface area is 223 Å². The van der Waals surface area contributed by atoms with Crippen molar-refractivity contribution in [3.05, 3.63) is 92.3 Å². The van der Waals surface area contributed by atoms with E-state index in [0.29, 0.717) is 30.7 Å². The zero-order valence-electron chi connectivity index (χ0n) is 18.8. The SMILES string of the molecule is Cc1ccc(N2C(=O)/C(=C/c3ccc(OCC(=O)Nc4ccc(Cl)cc4Cl)cc3)SC2=S)c(C)c1. The quantitative estimate of drug-likeness (QED) is 0.267. The first kappa shape index (κ1) is 25.3. The van der Waals surface area contributed by atoms with Gasteiger partial charge in [-0.2, -0.15) is 0 Å². The molecule has 1 N–H and O–H groups in total. The Morgan fingerprint density at radius 3 is 2.51 bits per heavy atom. The fourth-order valence-electron chi connectivity index (χ4n) is 3.47. The van der Waals surface area contributed by atoms with Gasteiger partial charge in [0.15, 0.2) is 10.9 Å². The van der Waals surface area contributed by atoms with Crippen molar-refractivity contribution in [2.24, 2.45) is 0 Å². The average Bonchev–Trinajstić information content (AvgIpc) is 3.08. The Hall–Kier alpha value is -2.84. The van der Waals surface area contributed by atoms with Crippen LogP contribution in [0.4, 0.5) is 11.4 Å². The molecule has 0 saturated carbocycles. The van der Waals surface area contributed by atoms with E-state index in [9.17, 15) is 9.59 Å². The molecule has 1 aliphatic rings. The third kappa shape index (κ3) is 6.05. The van der Waals surface area contributed by atoms with E-state index in [4.69, 9.17) is 40.2 Å². The molecular weight excluding hydrogens is 523 g/mol. The molecule has 1 fully saturated rings. The number of carbonyl (C=O) groups excluding carboxylic acids is 2. The number of thiocarbonyl (C=S) groups is 1. The second-order valence-corrected chi connectivity index (χ2v) is 10.4. The van der Waals surface area contributed by atoms with Crippen molar-refractivity contribution in [1.82, 2.24) is 0 Å². The van der Waals surface area contributed by atoms with Gasteiger partial charge in [-0.25, -0.2) is 0 Å². The molecule has 2 amide bonds. The van der Waals surface area contributed by atoms with E-state index in [1.807, 2.05) is 44.2 Å². The summed E-state index contributed by atoms with van der Waals surface area (Å²) >= 11 is 18.7. The number of benzene rings is 3. The van der Waals surface area contributed by atoms with Crippen molar-refractivity contribution in [2.45, 2.75) is 13.8 Å². The predicted octanol–water partition coefficient (Wildman–Crippen LogP) is 7.03. The van der Waals surface area contributed by atoms with Crippen LogP contribution in [-0.2, 0) is 9.59 Å². The van der Waals surface area contributed by atoms with Gasteiger partial charge >= 0.3 is 0 Å². The molecule has 9 heteroatoms. The van der Waals surface area contributed by atoms with Gasteiger partial charge in [0.2, 0.25) is 0 Å². The highest BCUT2D eigenvalue weighted by molar-refractivity contribution is 8.27. The van der Waals surface area contributed by atoms with Crippen molar-refractivity contribution < 1.29 is 14.3 Å². The third-order valence-corrected chi connectivity index (χ3v) is 6.99. The number of amides is 2. The van der Waals surface area contributed by atoms with Gasteiger partial charge in [0, 0.05) is 5.02 Å². The molecule has 178 valence electrons. The molecule has 1 heterocycles. The predicted molar refractivity (Wildman–Crippen MR) is 149 cm³/mol. The number of halogens is 2. The molecule has 0 aromatic heterocycles. The van der Waals surface area contributed by atoms with Crippen LogP contribution in [0.25, 0.3) is 6.08 Å². The second-order valence-electron chi connectivity index (χ2n) is 7.84. The van der Waals surface area contributed by atoms with Crippen molar-refractivity contribution >= 4 is 80.8 Å². The van der Waals surface area contributed by atoms with Gasteiger partial charge in [0.25, 0.3) is 11.8 Å². The molecule has 0 aliphatic carbocycles. The number of ether oxygens (including phenoxy) is 1. The summed E-state index contributed by atoms with van der Waals surface area (Å²) in [7, 11) is 0. The number of carbonyl (C=O) groups is 2. The molecule has 0 unspecified atom stereocenters. The highest BCUT2D eigenvalue weighted by Crippen LogP contribution is 2.37. The molecular formula is C26H20Cl2N2O3S2. The highest BCUT2D eigenvalue weighted by atomic mass is 35.5. The van der Waals surface area contributed by atoms with Crippen LogP contribution in [0.15, 0.2) is 65.6 Å². The summed E-state index contributed by atoms with van der Waals surface area (Å²) < 4.78 is 6.06. The van der Waals surface area contributed by atoms with E-state index < -0.39 is 0 Å². The lowest BCUT2D eigenvalue weighted by Crippen LogP contribution is -2.28. The van der Waals surface area contributed by atoms with Crippen LogP contribution in [0, 0.1) is 13.8 Å². The minimum atomic E-state index is -0.353. The molecule has 1 saturated heterocycles. The van der Waals surface area contributed by atoms with Crippen LogP contribution in [0.5, 0.6) is 5.75 Å². The Morgan fingerprint density at radius 2 is 1.83 bits per heavy atom. The van der Waals surface area contributed by atoms with Crippen LogP contribution in [-0.4, -0.2) is 22.7 Å². The lowest BCUT2D eigenvalue weighted by atomic mass is 10.1. The molecule has 1 aliphatic heterocycles. The Bertz CT molecular complexity index is 1360. The molecule has 4 rings (SSSR count). The lowest BCUT2D eigenvalue weighted by Gasteiger charge is -2.17. The van der Waals surface area contributed by atoms with Crippen molar-refractivity contribution in [2.75, 3.05) is 16.8 Å². The lowest BCUT2D eigenvalue weighted by molar-refractivity contribution is -0.118. The van der Waals surface area contributed by atoms with E-state index >= 15 is 0 Å². The van der Waals surface area contributed by atoms with Crippen LogP contribution in [0.3, 0.4) is 0 Å². The van der Waals surface area contributed by atoms with Gasteiger partial charge < -0.3 is 10.1 Å². The van der Waals surface area contributed by atoms with Gasteiger partial charge in [-0.3, -0.25) is 14.5 Å². The van der Waals surface area contributed by atoms with Gasteiger partial charge in [0.1, 0.15) is 5.75 Å². The summed E-state index contributed by atoms with van der Waals surface area (Å²) in [6.07, 6.45) is 1.79. The summed E-state index contributed by atoms with van der Waals surface area (Å²) in [5.41, 5.74) is 4.18. The zero-order valence-corrected chi connectivity index (χ0v) is 21.9. The Balaban J connectivity index is 1.39. The number of anilines is 2. The maximum Gasteiger partial charge on any atom is 0.270 e. The zero-order chi connectivity index (χ0) is 25.1. The fourth-order valence-corrected chi connectivity index (χ4v) is 5.21. The summed E-state index contributed by atoms with van der Waals surface area (Å²) in [4.78, 5) is 27.4. The molecule has 3 aromatic carbocycles. The standard InChI is InChI=1S/C26H20Cl2N2O3S2/c1-15-3-10-22(16(2)11-15)30-25(32)23(35-26(30)34)12-17-4-7-19(8-5-17)33-14-24(31)29-21-9-6-18(27)13-20(21)28/h3-13H,14H2,1-2H3,(H,29,31)/b23-12-. The van der Waals surface area contributed by atoms with Crippen LogP contribution >= 0.6 is 47.2 Å². The van der Waals surface area contributed by atoms with Crippen LogP contribution in [0.2, 0.25) is 10.0 Å². The van der Waals surface area contributed by atoms with Gasteiger partial charge in [0.05, 0.1) is 21.3 Å². The first-order valence-electron chi connectivity index (χ1n) is 10.5. The smallest absolute Gasteiger partial charge is 0.270 e. The topological polar surface area (TPSA) is 58.6 Å². The number of thioether (sulfide) groups is 1. The van der Waals surface area contributed by atoms with Gasteiger partial charge in [-0.1, -0.05) is 77.0 Å². The van der Waals surface area contributed by atoms with E-state index in [-0.39, 0.29) is 18.4 Å². The van der Waals surface area contributed by atoms with E-state index in [2.05, 4.69) is 5.32 Å². The number of nitrogens with one attached hydrogen (secondary N) is 1. The number of nitrogens with zero attached hydrogens (tertiary/aromatic N) is 1. The first-order valence-corrected chi connectivity index (χ1v) is 12.5. The van der Waals surface area contributed by atoms with E-state index in [0.717, 1.165) is 22.4 Å². The molecule has 3 aromatic rings. The van der Waals surface area contributed by atoms with E-state index in [1.165, 1.54) is 11.8 Å². The molecule has 0 bridgehead atoms. The minimum absolute atomic E-state index is 0.148. The summed E-state index contributed by atoms with van der Waals surface area (Å²) in [5.74, 6) is 0.0144. The normalized spacial score (nSPS) is 14.5. The Kier molecular flexibility index (Phi) is 7.82. The number of hydrogen-bond acceptors (Lipinski definition) is 5. The molecule has 0 radical (unpaired) electrons. The van der Waals surface area contributed by atoms with Crippen molar-refractivity contribution in [3.63, 3.8) is 0 Å². The number of aryl methyl sites for hydroxylation is 2. The maximum absolute atomic E-state index is 13.1. The molecule has 0 atom stereocenters. The Morgan fingerprint density at radius 1 is 1.09 bits per heavy atom. The first-order chi connectivity index (χ1) is 16.7. The maximum atomic E-state index is 13.1. The largest absolute Gasteiger partial charge is 0.484 e. The third-order valence-electron chi connectivity index (χ3n) is 5.14. The number of rotatable bonds is 6. The molecule has 0 spiro atoms. The molecule has 35 heavy (non-hydrogen) atoms. The van der Waals surface area contributed by atoms with Gasteiger partial charge in [-0.05, 0) is 67.4 Å². The summed E-state index contributed by atoms with van der Waals surface area (Å²) in [5, 5.41) is 3.51. The highest BCUT2D eigenvalue weighted by Gasteiger charge is 2.34. The van der Waals surface area contributed by atoms with Crippen molar-refractivity contribution in [1.29, 1.82) is 0 Å². The second kappa shape index (κ2) is 10.8. The van der Waals surface area contributed by atoms with Crippen LogP contribution < -0.4 is 15.0 Å². The van der Waals surface area contributed by atoms with E-state index in [1.54, 1.807) is 41.3 Å². The monoisotopic (exact) mass is 542 g/mol. The average molecular weight is 543 g/mol. The molecule has 5 nitrogen and oxygen atoms in total. The summed E-state index contributed by atoms with van der Waals surface area (Å²) in [6, 6.07) is 17.8. The summed E-state index contributed by atoms with van der Waals surface area (Å²) in [6.45, 7) is 3.79. The number of hydrogen-bond donors (Lipinski definition) is 1. The fraction of sp³-hybridized carbons (Fsp3) is 0.115. The van der Waals surface area contributed by atoms with Crippen LogP contribution in [0.1, 0.15) is 16.7 Å².